The molecule has 21 heavy (non-hydrogen) atoms. The minimum Gasteiger partial charge on any atom is -0.508 e. The molecule has 0 aliphatic rings. The highest BCUT2D eigenvalue weighted by atomic mass is 16.4. The normalized spacial score (nSPS) is 11.9. The molecule has 0 saturated heterocycles. The number of carboxylic acids is 1. The van der Waals surface area contributed by atoms with Crippen LogP contribution in [0.15, 0.2) is 24.3 Å². The maximum absolute atomic E-state index is 12.3. The summed E-state index contributed by atoms with van der Waals surface area (Å²) in [6, 6.07) is 5.82. The number of phenols is 1. The molecule has 0 unspecified atom stereocenters. The van der Waals surface area contributed by atoms with Gasteiger partial charge in [-0.15, -0.1) is 0 Å². The Labute approximate surface area is 124 Å². The van der Waals surface area contributed by atoms with E-state index in [1.54, 1.807) is 46.9 Å². The second-order valence-electron chi connectivity index (χ2n) is 6.06. The first-order valence-corrected chi connectivity index (χ1v) is 6.57. The summed E-state index contributed by atoms with van der Waals surface area (Å²) in [6.07, 6.45) is 0. The van der Waals surface area contributed by atoms with Crippen LogP contribution in [0.4, 0.5) is 10.5 Å². The summed E-state index contributed by atoms with van der Waals surface area (Å²) in [5, 5.41) is 21.4. The summed E-state index contributed by atoms with van der Waals surface area (Å²) >= 11 is 0. The van der Waals surface area contributed by atoms with E-state index in [4.69, 9.17) is 0 Å². The van der Waals surface area contributed by atoms with E-state index in [0.29, 0.717) is 5.69 Å². The first kappa shape index (κ1) is 16.8. The van der Waals surface area contributed by atoms with Gasteiger partial charge in [-0.25, -0.2) is 4.79 Å². The minimum atomic E-state index is -1.14. The van der Waals surface area contributed by atoms with Gasteiger partial charge in [-0.1, -0.05) is 6.07 Å². The Kier molecular flexibility index (Phi) is 4.51. The van der Waals surface area contributed by atoms with Crippen molar-refractivity contribution in [1.82, 2.24) is 5.32 Å². The molecule has 0 aromatic heterocycles. The van der Waals surface area contributed by atoms with Crippen LogP contribution in [-0.2, 0) is 4.79 Å². The lowest BCUT2D eigenvalue weighted by Gasteiger charge is -2.39. The van der Waals surface area contributed by atoms with Gasteiger partial charge in [0.15, 0.2) is 0 Å². The summed E-state index contributed by atoms with van der Waals surface area (Å²) < 4.78 is 0. The number of carbonyl (C=O) groups is 2. The van der Waals surface area contributed by atoms with Crippen molar-refractivity contribution in [1.29, 1.82) is 0 Å². The number of benzene rings is 1. The Bertz CT molecular complexity index is 552. The van der Waals surface area contributed by atoms with E-state index in [1.807, 2.05) is 0 Å². The summed E-state index contributed by atoms with van der Waals surface area (Å²) in [7, 11) is 1.55. The molecule has 0 fully saturated rings. The number of nitrogens with zero attached hydrogens (tertiary/aromatic N) is 1. The zero-order valence-electron chi connectivity index (χ0n) is 13.0. The highest BCUT2D eigenvalue weighted by Gasteiger charge is 2.44. The van der Waals surface area contributed by atoms with Crippen molar-refractivity contribution in [2.75, 3.05) is 11.9 Å². The van der Waals surface area contributed by atoms with Crippen molar-refractivity contribution < 1.29 is 19.8 Å². The van der Waals surface area contributed by atoms with E-state index < -0.39 is 23.0 Å². The van der Waals surface area contributed by atoms with Gasteiger partial charge in [0, 0.05) is 18.8 Å². The van der Waals surface area contributed by atoms with E-state index >= 15 is 0 Å². The van der Waals surface area contributed by atoms with Crippen LogP contribution < -0.4 is 10.2 Å². The monoisotopic (exact) mass is 294 g/mol. The fourth-order valence-electron chi connectivity index (χ4n) is 1.59. The fraction of sp³-hybridized carbons (Fsp3) is 0.467. The predicted molar refractivity (Wildman–Crippen MR) is 80.5 cm³/mol. The second-order valence-corrected chi connectivity index (χ2v) is 6.06. The molecule has 1 rings (SSSR count). The topological polar surface area (TPSA) is 89.9 Å². The van der Waals surface area contributed by atoms with Gasteiger partial charge < -0.3 is 15.5 Å². The van der Waals surface area contributed by atoms with Crippen molar-refractivity contribution in [2.45, 2.75) is 33.2 Å². The Morgan fingerprint density at radius 3 is 2.24 bits per heavy atom. The SMILES string of the molecule is CN(C(=O)NC(C)(C)C(C)(C)C(=O)O)c1cccc(O)c1. The molecule has 0 saturated carbocycles. The van der Waals surface area contributed by atoms with Crippen LogP contribution in [0.3, 0.4) is 0 Å². The molecule has 0 aliphatic heterocycles. The van der Waals surface area contributed by atoms with Crippen LogP contribution >= 0.6 is 0 Å². The first-order chi connectivity index (χ1) is 9.49. The van der Waals surface area contributed by atoms with Crippen LogP contribution in [0, 0.1) is 5.41 Å². The Hall–Kier alpha value is -2.24. The van der Waals surface area contributed by atoms with Crippen molar-refractivity contribution in [3.63, 3.8) is 0 Å². The smallest absolute Gasteiger partial charge is 0.322 e. The number of urea groups is 1. The molecule has 0 bridgehead atoms. The number of aromatic hydroxyl groups is 1. The molecule has 1 aromatic carbocycles. The number of nitrogens with one attached hydrogen (secondary N) is 1. The molecule has 6 heteroatoms. The molecule has 3 N–H and O–H groups in total. The molecule has 0 radical (unpaired) electrons. The molecule has 0 aliphatic carbocycles. The lowest BCUT2D eigenvalue weighted by atomic mass is 9.74. The predicted octanol–water partition coefficient (Wildman–Crippen LogP) is 2.43. The summed E-state index contributed by atoms with van der Waals surface area (Å²) in [5.41, 5.74) is -1.58. The average Bonchev–Trinajstić information content (AvgIpc) is 2.36. The number of carbonyl (C=O) groups excluding carboxylic acids is 1. The van der Waals surface area contributed by atoms with Crippen LogP contribution in [-0.4, -0.2) is 34.8 Å². The highest BCUT2D eigenvalue weighted by Crippen LogP contribution is 2.31. The second kappa shape index (κ2) is 5.63. The van der Waals surface area contributed by atoms with Crippen molar-refractivity contribution in [2.24, 2.45) is 5.41 Å². The van der Waals surface area contributed by atoms with Crippen molar-refractivity contribution >= 4 is 17.7 Å². The third-order valence-corrected chi connectivity index (χ3v) is 4.04. The molecule has 116 valence electrons. The Morgan fingerprint density at radius 2 is 1.76 bits per heavy atom. The van der Waals surface area contributed by atoms with Gasteiger partial charge in [0.05, 0.1) is 11.0 Å². The van der Waals surface area contributed by atoms with Gasteiger partial charge in [0.1, 0.15) is 5.75 Å². The van der Waals surface area contributed by atoms with Gasteiger partial charge in [-0.05, 0) is 39.8 Å². The number of aliphatic carboxylic acids is 1. The standard InChI is InChI=1S/C15H22N2O4/c1-14(2,12(19)20)15(3,4)16-13(21)17(5)10-7-6-8-11(18)9-10/h6-9,18H,1-5H3,(H,16,21)(H,19,20). The van der Waals surface area contributed by atoms with Gasteiger partial charge in [-0.2, -0.15) is 0 Å². The third-order valence-electron chi connectivity index (χ3n) is 4.04. The number of hydrogen-bond acceptors (Lipinski definition) is 3. The van der Waals surface area contributed by atoms with E-state index in [9.17, 15) is 19.8 Å². The molecule has 1 aromatic rings. The molecule has 2 amide bonds. The molecule has 0 atom stereocenters. The van der Waals surface area contributed by atoms with E-state index in [2.05, 4.69) is 5.32 Å². The van der Waals surface area contributed by atoms with E-state index in [0.717, 1.165) is 0 Å². The number of anilines is 1. The highest BCUT2D eigenvalue weighted by molar-refractivity contribution is 5.92. The Morgan fingerprint density at radius 1 is 1.19 bits per heavy atom. The fourth-order valence-corrected chi connectivity index (χ4v) is 1.59. The summed E-state index contributed by atoms with van der Waals surface area (Å²) in [6.45, 7) is 6.44. The largest absolute Gasteiger partial charge is 0.508 e. The zero-order chi connectivity index (χ0) is 16.4. The molecule has 6 nitrogen and oxygen atoms in total. The third kappa shape index (κ3) is 3.45. The van der Waals surface area contributed by atoms with Crippen molar-refractivity contribution in [3.05, 3.63) is 24.3 Å². The maximum atomic E-state index is 12.3. The molecular formula is C15H22N2O4. The number of carboxylic acid groups (broad SMARTS) is 1. The van der Waals surface area contributed by atoms with Crippen LogP contribution in [0.1, 0.15) is 27.7 Å². The number of phenolic OH excluding ortho intramolecular Hbond substituents is 1. The van der Waals surface area contributed by atoms with E-state index in [-0.39, 0.29) is 5.75 Å². The zero-order valence-corrected chi connectivity index (χ0v) is 13.0. The average molecular weight is 294 g/mol. The lowest BCUT2D eigenvalue weighted by molar-refractivity contribution is -0.150. The molecular weight excluding hydrogens is 272 g/mol. The molecule has 0 heterocycles. The van der Waals surface area contributed by atoms with Gasteiger partial charge in [0.2, 0.25) is 0 Å². The van der Waals surface area contributed by atoms with Crippen LogP contribution in [0.5, 0.6) is 5.75 Å². The number of hydrogen-bond donors (Lipinski definition) is 3. The van der Waals surface area contributed by atoms with Gasteiger partial charge in [0.25, 0.3) is 0 Å². The Balaban J connectivity index is 2.93. The lowest BCUT2D eigenvalue weighted by Crippen LogP contribution is -2.59. The minimum absolute atomic E-state index is 0.0530. The molecule has 0 spiro atoms. The van der Waals surface area contributed by atoms with E-state index in [1.165, 1.54) is 17.0 Å². The summed E-state index contributed by atoms with van der Waals surface area (Å²) in [5.74, 6) is -0.940. The first-order valence-electron chi connectivity index (χ1n) is 6.57. The van der Waals surface area contributed by atoms with Crippen LogP contribution in [0.2, 0.25) is 0 Å². The maximum Gasteiger partial charge on any atom is 0.322 e. The van der Waals surface area contributed by atoms with Crippen LogP contribution in [0.25, 0.3) is 0 Å². The van der Waals surface area contributed by atoms with Gasteiger partial charge >= 0.3 is 12.0 Å². The summed E-state index contributed by atoms with van der Waals surface area (Å²) in [4.78, 5) is 24.9. The quantitative estimate of drug-likeness (QED) is 0.795. The number of amides is 2. The van der Waals surface area contributed by atoms with Gasteiger partial charge in [-0.3, -0.25) is 9.69 Å². The van der Waals surface area contributed by atoms with Crippen molar-refractivity contribution in [3.8, 4) is 5.75 Å². The number of rotatable bonds is 4.